The molecule has 0 aliphatic carbocycles. The van der Waals surface area contributed by atoms with E-state index < -0.39 is 23.7 Å². The van der Waals surface area contributed by atoms with E-state index in [0.29, 0.717) is 17.5 Å². The average Bonchev–Trinajstić information content (AvgIpc) is 3.43. The Bertz CT molecular complexity index is 1440. The molecule has 1 heterocycles. The molecule has 0 aliphatic heterocycles. The van der Waals surface area contributed by atoms with E-state index >= 15 is 0 Å². The number of benzene rings is 3. The number of rotatable bonds is 9. The molecule has 37 heavy (non-hydrogen) atoms. The first-order valence-electron chi connectivity index (χ1n) is 11.3. The molecule has 4 rings (SSSR count). The second-order valence-electron chi connectivity index (χ2n) is 8.25. The molecule has 2 N–H and O–H groups in total. The summed E-state index contributed by atoms with van der Waals surface area (Å²) in [5.41, 5.74) is 3.21. The minimum absolute atomic E-state index is 0.0932. The van der Waals surface area contributed by atoms with Gasteiger partial charge in [0.2, 0.25) is 11.8 Å². The number of carbonyl (C=O) groups is 3. The molecule has 4 aromatic rings. The Morgan fingerprint density at radius 1 is 1.08 bits per heavy atom. The van der Waals surface area contributed by atoms with Gasteiger partial charge >= 0.3 is 0 Å². The molecule has 3 aromatic carbocycles. The molecule has 0 bridgehead atoms. The van der Waals surface area contributed by atoms with Crippen molar-refractivity contribution in [3.8, 4) is 5.69 Å². The van der Waals surface area contributed by atoms with Crippen molar-refractivity contribution in [3.05, 3.63) is 107 Å². The highest BCUT2D eigenvalue weighted by molar-refractivity contribution is 6.00. The Labute approximate surface area is 212 Å². The van der Waals surface area contributed by atoms with Crippen LogP contribution in [0.1, 0.15) is 27.0 Å². The number of carbonyl (C=O) groups excluding carboxylic acids is 3. The molecule has 186 valence electrons. The van der Waals surface area contributed by atoms with Crippen LogP contribution in [0.3, 0.4) is 0 Å². The third-order valence-corrected chi connectivity index (χ3v) is 5.50. The summed E-state index contributed by atoms with van der Waals surface area (Å²) in [5.74, 6) is -1.87. The Morgan fingerprint density at radius 2 is 1.89 bits per heavy atom. The van der Waals surface area contributed by atoms with Crippen molar-refractivity contribution < 1.29 is 18.8 Å². The number of hydrogen-bond acceptors (Lipinski definition) is 6. The average molecular weight is 499 g/mol. The van der Waals surface area contributed by atoms with Gasteiger partial charge in [-0.1, -0.05) is 42.0 Å². The van der Waals surface area contributed by atoms with Gasteiger partial charge in [0.05, 0.1) is 11.4 Å². The molecule has 9 nitrogen and oxygen atoms in total. The van der Waals surface area contributed by atoms with Crippen LogP contribution in [0.5, 0.6) is 0 Å². The number of amides is 2. The molecule has 1 aromatic heterocycles. The summed E-state index contributed by atoms with van der Waals surface area (Å²) >= 11 is 0. The van der Waals surface area contributed by atoms with E-state index in [-0.39, 0.29) is 17.7 Å². The van der Waals surface area contributed by atoms with Crippen molar-refractivity contribution in [2.75, 3.05) is 5.32 Å². The Kier molecular flexibility index (Phi) is 7.89. The van der Waals surface area contributed by atoms with Crippen molar-refractivity contribution in [1.29, 1.82) is 0 Å². The third-order valence-electron chi connectivity index (χ3n) is 5.50. The summed E-state index contributed by atoms with van der Waals surface area (Å²) < 4.78 is 15.8. The minimum Gasteiger partial charge on any atom is -0.340 e. The zero-order chi connectivity index (χ0) is 26.2. The van der Waals surface area contributed by atoms with Gasteiger partial charge in [-0.25, -0.2) is 4.39 Å². The highest BCUT2D eigenvalue weighted by atomic mass is 19.1. The van der Waals surface area contributed by atoms with Gasteiger partial charge in [-0.15, -0.1) is 5.10 Å². The first-order chi connectivity index (χ1) is 17.9. The van der Waals surface area contributed by atoms with E-state index in [4.69, 9.17) is 0 Å². The molecule has 0 saturated carbocycles. The Balaban J connectivity index is 1.54. The maximum absolute atomic E-state index is 14.4. The van der Waals surface area contributed by atoms with E-state index in [1.165, 1.54) is 29.2 Å². The molecule has 0 aliphatic rings. The summed E-state index contributed by atoms with van der Waals surface area (Å²) in [6.45, 7) is 1.92. The number of nitrogens with zero attached hydrogens (tertiary/aromatic N) is 4. The van der Waals surface area contributed by atoms with E-state index in [1.807, 2.05) is 55.5 Å². The topological polar surface area (TPSA) is 119 Å². The second kappa shape index (κ2) is 11.6. The van der Waals surface area contributed by atoms with E-state index in [0.717, 1.165) is 17.2 Å². The lowest BCUT2D eigenvalue weighted by Crippen LogP contribution is -2.44. The third kappa shape index (κ3) is 6.57. The van der Waals surface area contributed by atoms with Crippen molar-refractivity contribution >= 4 is 29.9 Å². The molecule has 0 saturated heterocycles. The number of aromatic nitrogens is 4. The molecule has 10 heteroatoms. The fraction of sp³-hybridized carbons (Fsp3) is 0.111. The lowest BCUT2D eigenvalue weighted by molar-refractivity contribution is -0.123. The van der Waals surface area contributed by atoms with Crippen LogP contribution in [0.15, 0.2) is 79.1 Å². The van der Waals surface area contributed by atoms with E-state index in [2.05, 4.69) is 26.2 Å². The van der Waals surface area contributed by atoms with Gasteiger partial charge in [0, 0.05) is 23.6 Å². The number of halogens is 1. The lowest BCUT2D eigenvalue weighted by Gasteiger charge is -2.18. The second-order valence-corrected chi connectivity index (χ2v) is 8.25. The van der Waals surface area contributed by atoms with Crippen molar-refractivity contribution in [3.63, 3.8) is 0 Å². The summed E-state index contributed by atoms with van der Waals surface area (Å²) in [4.78, 5) is 36.8. The molecule has 0 spiro atoms. The standard InChI is InChI=1S/C27H23FN6O3/c1-18-7-11-25(34-17-29-32-33-34)21(13-18)9-12-26(36)30-24(15-19-5-3-2-4-6-19)27(37)31-23-10-8-20(16-35)14-22(23)28/h2-14,16-17,24H,15H2,1H3,(H,30,36)(H,31,37)/b12-9+/t24-/m0/s1. The largest absolute Gasteiger partial charge is 0.340 e. The lowest BCUT2D eigenvalue weighted by atomic mass is 10.0. The summed E-state index contributed by atoms with van der Waals surface area (Å²) in [6.07, 6.45) is 5.06. The first-order valence-corrected chi connectivity index (χ1v) is 11.3. The Morgan fingerprint density at radius 3 is 2.59 bits per heavy atom. The van der Waals surface area contributed by atoms with Gasteiger partial charge in [-0.2, -0.15) is 4.68 Å². The SMILES string of the molecule is Cc1ccc(-n2cnnn2)c(/C=C/C(=O)N[C@@H](Cc2ccccc2)C(=O)Nc2ccc(C=O)cc2F)c1. The van der Waals surface area contributed by atoms with Gasteiger partial charge in [0.15, 0.2) is 0 Å². The van der Waals surface area contributed by atoms with E-state index in [9.17, 15) is 18.8 Å². The smallest absolute Gasteiger partial charge is 0.247 e. The van der Waals surface area contributed by atoms with Crippen LogP contribution in [0, 0.1) is 12.7 Å². The zero-order valence-electron chi connectivity index (χ0n) is 19.8. The molecule has 0 unspecified atom stereocenters. The number of hydrogen-bond donors (Lipinski definition) is 2. The quantitative estimate of drug-likeness (QED) is 0.270. The molecule has 2 amide bonds. The zero-order valence-corrected chi connectivity index (χ0v) is 19.8. The van der Waals surface area contributed by atoms with Crippen molar-refractivity contribution in [1.82, 2.24) is 25.5 Å². The van der Waals surface area contributed by atoms with Gasteiger partial charge in [-0.3, -0.25) is 14.4 Å². The predicted molar refractivity (Wildman–Crippen MR) is 135 cm³/mol. The molecule has 0 fully saturated rings. The normalized spacial score (nSPS) is 11.7. The number of aldehydes is 1. The highest BCUT2D eigenvalue weighted by Gasteiger charge is 2.22. The maximum atomic E-state index is 14.4. The van der Waals surface area contributed by atoms with Crippen LogP contribution in [0.25, 0.3) is 11.8 Å². The summed E-state index contributed by atoms with van der Waals surface area (Å²) in [7, 11) is 0. The predicted octanol–water partition coefficient (Wildman–Crippen LogP) is 3.30. The highest BCUT2D eigenvalue weighted by Crippen LogP contribution is 2.18. The Hall–Kier alpha value is -4.99. The fourth-order valence-electron chi connectivity index (χ4n) is 3.66. The molecule has 1 atom stereocenters. The van der Waals surface area contributed by atoms with Gasteiger partial charge < -0.3 is 10.6 Å². The summed E-state index contributed by atoms with van der Waals surface area (Å²) in [5, 5.41) is 16.4. The monoisotopic (exact) mass is 498 g/mol. The maximum Gasteiger partial charge on any atom is 0.247 e. The molecular formula is C27H23FN6O3. The van der Waals surface area contributed by atoms with Crippen LogP contribution < -0.4 is 10.6 Å². The molecular weight excluding hydrogens is 475 g/mol. The van der Waals surface area contributed by atoms with E-state index in [1.54, 1.807) is 6.08 Å². The number of nitrogens with one attached hydrogen (secondary N) is 2. The first kappa shape index (κ1) is 25.1. The van der Waals surface area contributed by atoms with Gasteiger partial charge in [-0.05, 0) is 59.3 Å². The van der Waals surface area contributed by atoms with Crippen LogP contribution in [-0.2, 0) is 16.0 Å². The number of aryl methyl sites for hydroxylation is 1. The van der Waals surface area contributed by atoms with Crippen molar-refractivity contribution in [2.24, 2.45) is 0 Å². The van der Waals surface area contributed by atoms with Gasteiger partial charge in [0.1, 0.15) is 24.5 Å². The number of anilines is 1. The van der Waals surface area contributed by atoms with Crippen LogP contribution in [0.4, 0.5) is 10.1 Å². The van der Waals surface area contributed by atoms with Crippen molar-refractivity contribution in [2.45, 2.75) is 19.4 Å². The van der Waals surface area contributed by atoms with Crippen LogP contribution in [0.2, 0.25) is 0 Å². The fourth-order valence-corrected chi connectivity index (χ4v) is 3.66. The number of tetrazole rings is 1. The van der Waals surface area contributed by atoms with Crippen LogP contribution in [-0.4, -0.2) is 44.3 Å². The van der Waals surface area contributed by atoms with Crippen LogP contribution >= 0.6 is 0 Å². The summed E-state index contributed by atoms with van der Waals surface area (Å²) in [6, 6.07) is 17.5. The molecule has 0 radical (unpaired) electrons. The minimum atomic E-state index is -0.999. The van der Waals surface area contributed by atoms with Gasteiger partial charge in [0.25, 0.3) is 0 Å².